The van der Waals surface area contributed by atoms with E-state index in [1.165, 1.54) is 4.88 Å². The van der Waals surface area contributed by atoms with Crippen molar-refractivity contribution in [3.63, 3.8) is 0 Å². The number of hydrogen-bond acceptors (Lipinski definition) is 6. The van der Waals surface area contributed by atoms with Crippen LogP contribution in [0.25, 0.3) is 16.7 Å². The molecular weight excluding hydrogens is 320 g/mol. The van der Waals surface area contributed by atoms with E-state index in [0.29, 0.717) is 0 Å². The van der Waals surface area contributed by atoms with Gasteiger partial charge in [0.05, 0.1) is 28.8 Å². The minimum atomic E-state index is 0.758. The summed E-state index contributed by atoms with van der Waals surface area (Å²) in [6.07, 6.45) is 5.33. The van der Waals surface area contributed by atoms with Gasteiger partial charge in [-0.25, -0.2) is 19.6 Å². The Kier molecular flexibility index (Phi) is 3.70. The number of benzene rings is 1. The number of anilines is 1. The van der Waals surface area contributed by atoms with E-state index in [2.05, 4.69) is 25.0 Å². The van der Waals surface area contributed by atoms with Crippen molar-refractivity contribution in [2.75, 3.05) is 11.9 Å². The molecule has 0 saturated carbocycles. The van der Waals surface area contributed by atoms with Crippen LogP contribution in [0.1, 0.15) is 9.88 Å². The van der Waals surface area contributed by atoms with Crippen LogP contribution in [0.4, 0.5) is 5.82 Å². The summed E-state index contributed by atoms with van der Waals surface area (Å²) in [6, 6.07) is 9.99. The molecule has 24 heavy (non-hydrogen) atoms. The summed E-state index contributed by atoms with van der Waals surface area (Å²) >= 11 is 1.70. The number of fused-ring (bicyclic) bond motifs is 1. The van der Waals surface area contributed by atoms with E-state index >= 15 is 0 Å². The average molecular weight is 336 g/mol. The highest BCUT2D eigenvalue weighted by Crippen LogP contribution is 2.25. The summed E-state index contributed by atoms with van der Waals surface area (Å²) in [5.41, 5.74) is 1.79. The van der Waals surface area contributed by atoms with Gasteiger partial charge in [-0.05, 0) is 19.1 Å². The van der Waals surface area contributed by atoms with E-state index in [0.717, 1.165) is 34.1 Å². The highest BCUT2D eigenvalue weighted by Gasteiger charge is 2.14. The van der Waals surface area contributed by atoms with Gasteiger partial charge in [-0.2, -0.15) is 5.10 Å². The zero-order valence-corrected chi connectivity index (χ0v) is 14.2. The van der Waals surface area contributed by atoms with Crippen LogP contribution in [0.15, 0.2) is 49.1 Å². The molecule has 0 radical (unpaired) electrons. The van der Waals surface area contributed by atoms with Gasteiger partial charge in [-0.15, -0.1) is 11.3 Å². The minimum Gasteiger partial charge on any atom is -0.354 e. The third-order valence-corrected chi connectivity index (χ3v) is 4.67. The predicted octanol–water partition coefficient (Wildman–Crippen LogP) is 3.22. The van der Waals surface area contributed by atoms with Gasteiger partial charge in [-0.1, -0.05) is 18.2 Å². The molecule has 0 bridgehead atoms. The van der Waals surface area contributed by atoms with Crippen LogP contribution in [-0.4, -0.2) is 31.8 Å². The molecule has 0 fully saturated rings. The van der Waals surface area contributed by atoms with Crippen molar-refractivity contribution in [3.05, 3.63) is 58.9 Å². The molecule has 7 heteroatoms. The minimum absolute atomic E-state index is 0.758. The van der Waals surface area contributed by atoms with Gasteiger partial charge in [0.2, 0.25) is 0 Å². The first-order valence-corrected chi connectivity index (χ1v) is 8.40. The standard InChI is InChI=1S/C17H16N6S/c1-12-18-8-14(24-12)10-22(2)16-15-9-21-23(17(15)20-11-19-16)13-6-4-3-5-7-13/h3-9,11H,10H2,1-2H3. The number of nitrogens with zero attached hydrogens (tertiary/aromatic N) is 6. The van der Waals surface area contributed by atoms with E-state index in [9.17, 15) is 0 Å². The van der Waals surface area contributed by atoms with Crippen molar-refractivity contribution >= 4 is 28.2 Å². The Morgan fingerprint density at radius 3 is 2.67 bits per heavy atom. The Labute approximate surface area is 143 Å². The maximum absolute atomic E-state index is 4.50. The molecule has 0 saturated heterocycles. The smallest absolute Gasteiger partial charge is 0.168 e. The SMILES string of the molecule is Cc1ncc(CN(C)c2ncnc3c2cnn3-c2ccccc2)s1. The van der Waals surface area contributed by atoms with E-state index in [1.54, 1.807) is 17.7 Å². The van der Waals surface area contributed by atoms with Crippen LogP contribution in [0, 0.1) is 6.92 Å². The molecule has 3 heterocycles. The van der Waals surface area contributed by atoms with Crippen LogP contribution in [0.3, 0.4) is 0 Å². The van der Waals surface area contributed by atoms with Gasteiger partial charge in [0, 0.05) is 18.1 Å². The molecular formula is C17H16N6S. The lowest BCUT2D eigenvalue weighted by Crippen LogP contribution is -2.17. The molecule has 0 atom stereocenters. The van der Waals surface area contributed by atoms with Crippen molar-refractivity contribution in [3.8, 4) is 5.69 Å². The second kappa shape index (κ2) is 6.01. The van der Waals surface area contributed by atoms with Crippen molar-refractivity contribution < 1.29 is 0 Å². The number of rotatable bonds is 4. The van der Waals surface area contributed by atoms with E-state index in [4.69, 9.17) is 0 Å². The molecule has 0 aliphatic heterocycles. The fraction of sp³-hybridized carbons (Fsp3) is 0.176. The van der Waals surface area contributed by atoms with Crippen LogP contribution < -0.4 is 4.90 Å². The highest BCUT2D eigenvalue weighted by atomic mass is 32.1. The van der Waals surface area contributed by atoms with Gasteiger partial charge >= 0.3 is 0 Å². The maximum Gasteiger partial charge on any atom is 0.168 e. The zero-order chi connectivity index (χ0) is 16.5. The van der Waals surface area contributed by atoms with Gasteiger partial charge in [0.25, 0.3) is 0 Å². The molecule has 4 aromatic rings. The Morgan fingerprint density at radius 1 is 1.08 bits per heavy atom. The topological polar surface area (TPSA) is 59.7 Å². The first-order chi connectivity index (χ1) is 11.7. The summed E-state index contributed by atoms with van der Waals surface area (Å²) in [5.74, 6) is 0.869. The Hall–Kier alpha value is -2.80. The molecule has 0 unspecified atom stereocenters. The normalized spacial score (nSPS) is 11.1. The van der Waals surface area contributed by atoms with Crippen LogP contribution in [0.5, 0.6) is 0 Å². The predicted molar refractivity (Wildman–Crippen MR) is 95.6 cm³/mol. The maximum atomic E-state index is 4.50. The summed E-state index contributed by atoms with van der Waals surface area (Å²) < 4.78 is 1.84. The Balaban J connectivity index is 1.73. The zero-order valence-electron chi connectivity index (χ0n) is 13.4. The number of aromatic nitrogens is 5. The van der Waals surface area contributed by atoms with Crippen molar-refractivity contribution in [1.82, 2.24) is 24.7 Å². The molecule has 0 aliphatic carbocycles. The lowest BCUT2D eigenvalue weighted by molar-refractivity contribution is 0.890. The van der Waals surface area contributed by atoms with Crippen LogP contribution in [0.2, 0.25) is 0 Å². The fourth-order valence-electron chi connectivity index (χ4n) is 2.68. The van der Waals surface area contributed by atoms with Gasteiger partial charge < -0.3 is 4.90 Å². The molecule has 120 valence electrons. The summed E-state index contributed by atoms with van der Waals surface area (Å²) in [7, 11) is 2.02. The molecule has 0 amide bonds. The second-order valence-electron chi connectivity index (χ2n) is 5.53. The molecule has 6 nitrogen and oxygen atoms in total. The molecule has 3 aromatic heterocycles. The highest BCUT2D eigenvalue weighted by molar-refractivity contribution is 7.11. The van der Waals surface area contributed by atoms with E-state index < -0.39 is 0 Å². The monoisotopic (exact) mass is 336 g/mol. The third kappa shape index (κ3) is 2.63. The van der Waals surface area contributed by atoms with Crippen molar-refractivity contribution in [1.29, 1.82) is 0 Å². The third-order valence-electron chi connectivity index (χ3n) is 3.77. The number of hydrogen-bond donors (Lipinski definition) is 0. The number of para-hydroxylation sites is 1. The van der Waals surface area contributed by atoms with Crippen LogP contribution >= 0.6 is 11.3 Å². The molecule has 0 N–H and O–H groups in total. The Morgan fingerprint density at radius 2 is 1.92 bits per heavy atom. The van der Waals surface area contributed by atoms with Crippen molar-refractivity contribution in [2.45, 2.75) is 13.5 Å². The molecule has 0 aliphatic rings. The summed E-state index contributed by atoms with van der Waals surface area (Å²) in [6.45, 7) is 2.77. The summed E-state index contributed by atoms with van der Waals surface area (Å²) in [4.78, 5) is 16.5. The average Bonchev–Trinajstić information content (AvgIpc) is 3.21. The lowest BCUT2D eigenvalue weighted by atomic mass is 10.3. The summed E-state index contributed by atoms with van der Waals surface area (Å²) in [5, 5.41) is 6.51. The lowest BCUT2D eigenvalue weighted by Gasteiger charge is -2.17. The quantitative estimate of drug-likeness (QED) is 0.573. The first-order valence-electron chi connectivity index (χ1n) is 7.59. The van der Waals surface area contributed by atoms with E-state index in [1.807, 2.05) is 61.4 Å². The number of thiazole rings is 1. The molecule has 4 rings (SSSR count). The molecule has 1 aromatic carbocycles. The Bertz CT molecular complexity index is 975. The number of aryl methyl sites for hydroxylation is 1. The molecule has 0 spiro atoms. The van der Waals surface area contributed by atoms with E-state index in [-0.39, 0.29) is 0 Å². The van der Waals surface area contributed by atoms with Gasteiger partial charge in [0.15, 0.2) is 5.65 Å². The van der Waals surface area contributed by atoms with Crippen LogP contribution in [-0.2, 0) is 6.54 Å². The fourth-order valence-corrected chi connectivity index (χ4v) is 3.53. The largest absolute Gasteiger partial charge is 0.354 e. The van der Waals surface area contributed by atoms with Gasteiger partial charge in [-0.3, -0.25) is 0 Å². The first kappa shape index (κ1) is 14.8. The van der Waals surface area contributed by atoms with Gasteiger partial charge in [0.1, 0.15) is 12.1 Å². The second-order valence-corrected chi connectivity index (χ2v) is 6.85. The van der Waals surface area contributed by atoms with Crippen molar-refractivity contribution in [2.24, 2.45) is 0 Å².